The topological polar surface area (TPSA) is 99.3 Å². The molecule has 1 aromatic rings. The average molecular weight is 393 g/mol. The minimum Gasteiger partial charge on any atom is -0.369 e. The summed E-state index contributed by atoms with van der Waals surface area (Å²) in [6.45, 7) is 2.63. The number of benzene rings is 1. The fourth-order valence-corrected chi connectivity index (χ4v) is 3.92. The van der Waals surface area contributed by atoms with Gasteiger partial charge in [0.25, 0.3) is 11.8 Å². The predicted octanol–water partition coefficient (Wildman–Crippen LogP) is 0.327. The Kier molecular flexibility index (Phi) is 5.02. The zero-order valence-corrected chi connectivity index (χ0v) is 16.2. The van der Waals surface area contributed by atoms with Crippen LogP contribution in [0.5, 0.6) is 0 Å². The molecule has 3 amide bonds. The number of nitrogens with zero attached hydrogens (tertiary/aromatic N) is 4. The van der Waals surface area contributed by atoms with Crippen molar-refractivity contribution in [3.05, 3.63) is 53.9 Å². The molecule has 0 radical (unpaired) electrons. The van der Waals surface area contributed by atoms with Crippen LogP contribution >= 0.6 is 0 Å². The molecule has 2 N–H and O–H groups in total. The van der Waals surface area contributed by atoms with Crippen molar-refractivity contribution in [2.75, 3.05) is 39.8 Å². The molecule has 8 nitrogen and oxygen atoms in total. The van der Waals surface area contributed by atoms with Gasteiger partial charge in [0, 0.05) is 51.2 Å². The van der Waals surface area contributed by atoms with Gasteiger partial charge in [0.05, 0.1) is 12.5 Å². The highest BCUT2D eigenvalue weighted by Crippen LogP contribution is 2.33. The van der Waals surface area contributed by atoms with Crippen LogP contribution in [0.2, 0.25) is 0 Å². The van der Waals surface area contributed by atoms with Gasteiger partial charge in [-0.15, -0.1) is 0 Å². The molecule has 150 valence electrons. The van der Waals surface area contributed by atoms with Crippen molar-refractivity contribution in [1.29, 1.82) is 0 Å². The van der Waals surface area contributed by atoms with Gasteiger partial charge in [-0.3, -0.25) is 24.3 Å². The second-order valence-electron chi connectivity index (χ2n) is 7.45. The van der Waals surface area contributed by atoms with Crippen LogP contribution < -0.4 is 5.73 Å². The van der Waals surface area contributed by atoms with Gasteiger partial charge >= 0.3 is 0 Å². The van der Waals surface area contributed by atoms with Gasteiger partial charge in [0.1, 0.15) is 5.71 Å². The summed E-state index contributed by atoms with van der Waals surface area (Å²) < 4.78 is 0. The number of allylic oxidation sites excluding steroid dienone is 2. The van der Waals surface area contributed by atoms with Gasteiger partial charge in [-0.25, -0.2) is 0 Å². The van der Waals surface area contributed by atoms with E-state index >= 15 is 0 Å². The molecular formula is C21H23N5O3. The van der Waals surface area contributed by atoms with Crippen molar-refractivity contribution in [1.82, 2.24) is 14.7 Å². The molecule has 3 aliphatic heterocycles. The monoisotopic (exact) mass is 393 g/mol. The summed E-state index contributed by atoms with van der Waals surface area (Å²) >= 11 is 0. The molecule has 3 aliphatic rings. The van der Waals surface area contributed by atoms with Crippen LogP contribution in [0, 0.1) is 5.92 Å². The standard InChI is InChI=1S/C21H23N5O3/c1-24-12-17(16-6-7-23-19(16)21(24)29)14-2-4-15(5-3-14)20(28)26-10-8-25(9-11-26)13-18(22)27/h2-7,12,16H,8-11,13H2,1H3,(H2,22,27). The van der Waals surface area contributed by atoms with E-state index in [1.54, 1.807) is 23.0 Å². The Bertz CT molecular complexity index is 940. The highest BCUT2D eigenvalue weighted by molar-refractivity contribution is 6.44. The molecular weight excluding hydrogens is 370 g/mol. The summed E-state index contributed by atoms with van der Waals surface area (Å²) in [5, 5.41) is 0. The number of fused-ring (bicyclic) bond motifs is 1. The molecule has 29 heavy (non-hydrogen) atoms. The van der Waals surface area contributed by atoms with Crippen LogP contribution in [0.3, 0.4) is 0 Å². The quantitative estimate of drug-likeness (QED) is 0.797. The second kappa shape index (κ2) is 7.63. The molecule has 0 aromatic heterocycles. The number of nitrogens with two attached hydrogens (primary N) is 1. The largest absolute Gasteiger partial charge is 0.369 e. The Hall–Kier alpha value is -3.26. The molecule has 0 bridgehead atoms. The van der Waals surface area contributed by atoms with Gasteiger partial charge in [0.15, 0.2) is 0 Å². The van der Waals surface area contributed by atoms with E-state index in [1.165, 1.54) is 0 Å². The lowest BCUT2D eigenvalue weighted by Crippen LogP contribution is -2.50. The highest BCUT2D eigenvalue weighted by atomic mass is 16.2. The van der Waals surface area contributed by atoms with Gasteiger partial charge in [-0.2, -0.15) is 0 Å². The summed E-state index contributed by atoms with van der Waals surface area (Å²) in [6, 6.07) is 7.46. The van der Waals surface area contributed by atoms with Gasteiger partial charge in [-0.05, 0) is 23.3 Å². The Labute approximate surface area is 169 Å². The van der Waals surface area contributed by atoms with Crippen LogP contribution in [-0.2, 0) is 9.59 Å². The van der Waals surface area contributed by atoms with Gasteiger partial charge in [0.2, 0.25) is 5.91 Å². The van der Waals surface area contributed by atoms with E-state index < -0.39 is 0 Å². The lowest BCUT2D eigenvalue weighted by atomic mass is 9.87. The molecule has 1 saturated heterocycles. The van der Waals surface area contributed by atoms with E-state index in [0.717, 1.165) is 11.1 Å². The van der Waals surface area contributed by atoms with Crippen molar-refractivity contribution >= 4 is 29.0 Å². The van der Waals surface area contributed by atoms with Crippen molar-refractivity contribution in [3.8, 4) is 0 Å². The first-order valence-electron chi connectivity index (χ1n) is 9.57. The normalized spacial score (nSPS) is 21.7. The maximum Gasteiger partial charge on any atom is 0.272 e. The van der Waals surface area contributed by atoms with E-state index in [2.05, 4.69) is 4.99 Å². The van der Waals surface area contributed by atoms with Crippen molar-refractivity contribution in [2.24, 2.45) is 16.6 Å². The van der Waals surface area contributed by atoms with Crippen LogP contribution in [0.4, 0.5) is 0 Å². The summed E-state index contributed by atoms with van der Waals surface area (Å²) in [7, 11) is 1.72. The van der Waals surface area contributed by atoms with E-state index in [9.17, 15) is 14.4 Å². The van der Waals surface area contributed by atoms with Crippen molar-refractivity contribution < 1.29 is 14.4 Å². The van der Waals surface area contributed by atoms with E-state index in [4.69, 9.17) is 5.73 Å². The van der Waals surface area contributed by atoms with E-state index in [0.29, 0.717) is 37.5 Å². The molecule has 1 aromatic carbocycles. The van der Waals surface area contributed by atoms with Crippen LogP contribution in [-0.4, -0.2) is 77.9 Å². The smallest absolute Gasteiger partial charge is 0.272 e. The van der Waals surface area contributed by atoms with Gasteiger partial charge in [-0.1, -0.05) is 18.2 Å². The van der Waals surface area contributed by atoms with E-state index in [1.807, 2.05) is 41.4 Å². The predicted molar refractivity (Wildman–Crippen MR) is 109 cm³/mol. The summed E-state index contributed by atoms with van der Waals surface area (Å²) in [5.41, 5.74) is 8.32. The highest BCUT2D eigenvalue weighted by Gasteiger charge is 2.33. The lowest BCUT2D eigenvalue weighted by Gasteiger charge is -2.34. The lowest BCUT2D eigenvalue weighted by molar-refractivity contribution is -0.121. The maximum absolute atomic E-state index is 12.8. The summed E-state index contributed by atoms with van der Waals surface area (Å²) in [5.74, 6) is -0.608. The number of carbonyl (C=O) groups is 3. The molecule has 0 aliphatic carbocycles. The summed E-state index contributed by atoms with van der Waals surface area (Å²) in [4.78, 5) is 45.6. The molecule has 1 fully saturated rings. The van der Waals surface area contributed by atoms with Crippen LogP contribution in [0.15, 0.2) is 47.7 Å². The zero-order chi connectivity index (χ0) is 20.5. The number of primary amides is 1. The molecule has 1 atom stereocenters. The number of aliphatic imine (C=N–C) groups is 1. The Morgan fingerprint density at radius 3 is 2.48 bits per heavy atom. The molecule has 3 heterocycles. The Morgan fingerprint density at radius 2 is 1.83 bits per heavy atom. The fourth-order valence-electron chi connectivity index (χ4n) is 3.92. The third-order valence-corrected chi connectivity index (χ3v) is 5.50. The Morgan fingerprint density at radius 1 is 1.14 bits per heavy atom. The van der Waals surface area contributed by atoms with Gasteiger partial charge < -0.3 is 15.5 Å². The first kappa shape index (κ1) is 19.1. The van der Waals surface area contributed by atoms with E-state index in [-0.39, 0.29) is 30.2 Å². The number of carbonyl (C=O) groups excluding carboxylic acids is 3. The number of piperazine rings is 1. The van der Waals surface area contributed by atoms with Crippen LogP contribution in [0.1, 0.15) is 15.9 Å². The van der Waals surface area contributed by atoms with Crippen molar-refractivity contribution in [2.45, 2.75) is 0 Å². The van der Waals surface area contributed by atoms with Crippen LogP contribution in [0.25, 0.3) is 5.57 Å². The zero-order valence-electron chi connectivity index (χ0n) is 16.2. The third-order valence-electron chi connectivity index (χ3n) is 5.50. The number of hydrogen-bond acceptors (Lipinski definition) is 5. The summed E-state index contributed by atoms with van der Waals surface area (Å²) in [6.07, 6.45) is 5.41. The first-order valence-corrected chi connectivity index (χ1v) is 9.57. The molecule has 1 unspecified atom stereocenters. The maximum atomic E-state index is 12.8. The number of hydrogen-bond donors (Lipinski definition) is 1. The SMILES string of the molecule is CN1C=C(c2ccc(C(=O)N3CCN(CC(N)=O)CC3)cc2)C2C=CN=C2C1=O. The van der Waals surface area contributed by atoms with Crippen molar-refractivity contribution in [3.63, 3.8) is 0 Å². The average Bonchev–Trinajstić information content (AvgIpc) is 3.21. The number of amides is 3. The molecule has 4 rings (SSSR count). The molecule has 8 heteroatoms. The third kappa shape index (κ3) is 3.71. The molecule has 0 spiro atoms. The number of rotatable bonds is 4. The minimum absolute atomic E-state index is 0.0248. The molecule has 0 saturated carbocycles. The Balaban J connectivity index is 1.46. The first-order chi connectivity index (χ1) is 13.9. The fraction of sp³-hybridized carbons (Fsp3) is 0.333. The second-order valence-corrected chi connectivity index (χ2v) is 7.45. The minimum atomic E-state index is -0.352.